The normalized spacial score (nSPS) is 15.7. The molecule has 0 radical (unpaired) electrons. The van der Waals surface area contributed by atoms with Crippen molar-refractivity contribution in [1.82, 2.24) is 0 Å². The molecular weight excluding hydrogens is 300 g/mol. The van der Waals surface area contributed by atoms with E-state index in [1.165, 1.54) is 24.3 Å². The minimum absolute atomic E-state index is 0.110. The van der Waals surface area contributed by atoms with Gasteiger partial charge in [0.05, 0.1) is 0 Å². The van der Waals surface area contributed by atoms with E-state index in [0.717, 1.165) is 0 Å². The number of nitrogens with zero attached hydrogens (tertiary/aromatic N) is 1. The average Bonchev–Trinajstić information content (AvgIpc) is 2.87. The lowest BCUT2D eigenvalue weighted by Crippen LogP contribution is -2.05. The first-order chi connectivity index (χ1) is 11.1. The van der Waals surface area contributed by atoms with Crippen LogP contribution in [0.15, 0.2) is 59.2 Å². The Bertz CT molecular complexity index is 812. The van der Waals surface area contributed by atoms with Crippen molar-refractivity contribution in [3.05, 3.63) is 77.0 Å². The van der Waals surface area contributed by atoms with Crippen LogP contribution in [0.5, 0.6) is 0 Å². The SMILES string of the molecule is O=C1OC(CCc2ccccc2F)=N/C1=C/c1cccc(F)c1. The van der Waals surface area contributed by atoms with Crippen LogP contribution in [0.4, 0.5) is 8.78 Å². The van der Waals surface area contributed by atoms with Gasteiger partial charge in [-0.25, -0.2) is 18.6 Å². The monoisotopic (exact) mass is 313 g/mol. The number of rotatable bonds is 4. The molecule has 2 aromatic carbocycles. The Labute approximate surface area is 131 Å². The van der Waals surface area contributed by atoms with Gasteiger partial charge in [-0.2, -0.15) is 0 Å². The summed E-state index contributed by atoms with van der Waals surface area (Å²) in [7, 11) is 0. The molecule has 0 saturated carbocycles. The lowest BCUT2D eigenvalue weighted by molar-refractivity contribution is -0.130. The van der Waals surface area contributed by atoms with Gasteiger partial charge < -0.3 is 4.74 Å². The molecule has 0 N–H and O–H groups in total. The number of ether oxygens (including phenoxy) is 1. The van der Waals surface area contributed by atoms with Crippen molar-refractivity contribution in [1.29, 1.82) is 0 Å². The Morgan fingerprint density at radius 1 is 1.04 bits per heavy atom. The zero-order valence-corrected chi connectivity index (χ0v) is 12.1. The fourth-order valence-corrected chi connectivity index (χ4v) is 2.26. The summed E-state index contributed by atoms with van der Waals surface area (Å²) in [6.45, 7) is 0. The van der Waals surface area contributed by atoms with Gasteiger partial charge in [0, 0.05) is 6.42 Å². The second-order valence-corrected chi connectivity index (χ2v) is 5.07. The molecule has 2 aromatic rings. The summed E-state index contributed by atoms with van der Waals surface area (Å²) in [5, 5.41) is 0. The summed E-state index contributed by atoms with van der Waals surface area (Å²) in [5.41, 5.74) is 1.17. The molecule has 3 rings (SSSR count). The van der Waals surface area contributed by atoms with E-state index >= 15 is 0 Å². The van der Waals surface area contributed by atoms with Crippen molar-refractivity contribution >= 4 is 17.9 Å². The number of aryl methyl sites for hydroxylation is 1. The highest BCUT2D eigenvalue weighted by Gasteiger charge is 2.22. The summed E-state index contributed by atoms with van der Waals surface area (Å²) in [5.74, 6) is -1.04. The van der Waals surface area contributed by atoms with E-state index in [0.29, 0.717) is 24.0 Å². The van der Waals surface area contributed by atoms with E-state index in [4.69, 9.17) is 4.74 Å². The molecule has 23 heavy (non-hydrogen) atoms. The van der Waals surface area contributed by atoms with Gasteiger partial charge in [0.1, 0.15) is 11.6 Å². The molecule has 0 saturated heterocycles. The highest BCUT2D eigenvalue weighted by atomic mass is 19.1. The fourth-order valence-electron chi connectivity index (χ4n) is 2.26. The van der Waals surface area contributed by atoms with E-state index in [9.17, 15) is 13.6 Å². The van der Waals surface area contributed by atoms with E-state index in [1.807, 2.05) is 0 Å². The predicted molar refractivity (Wildman–Crippen MR) is 82.6 cm³/mol. The number of hydrogen-bond acceptors (Lipinski definition) is 3. The van der Waals surface area contributed by atoms with Crippen LogP contribution in [0.1, 0.15) is 17.5 Å². The van der Waals surface area contributed by atoms with Crippen molar-refractivity contribution in [3.8, 4) is 0 Å². The van der Waals surface area contributed by atoms with E-state index in [2.05, 4.69) is 4.99 Å². The van der Waals surface area contributed by atoms with Gasteiger partial charge in [0.15, 0.2) is 11.6 Å². The quantitative estimate of drug-likeness (QED) is 0.634. The van der Waals surface area contributed by atoms with Crippen LogP contribution in [0.25, 0.3) is 6.08 Å². The summed E-state index contributed by atoms with van der Waals surface area (Å²) in [6.07, 6.45) is 2.15. The number of carbonyl (C=O) groups excluding carboxylic acids is 1. The lowest BCUT2D eigenvalue weighted by atomic mass is 10.1. The third-order valence-electron chi connectivity index (χ3n) is 3.38. The topological polar surface area (TPSA) is 38.7 Å². The summed E-state index contributed by atoms with van der Waals surface area (Å²) >= 11 is 0. The van der Waals surface area contributed by atoms with Crippen LogP contribution < -0.4 is 0 Å². The number of benzene rings is 2. The smallest absolute Gasteiger partial charge is 0.363 e. The van der Waals surface area contributed by atoms with Crippen LogP contribution in [0, 0.1) is 11.6 Å². The highest BCUT2D eigenvalue weighted by Crippen LogP contribution is 2.19. The molecule has 1 aliphatic heterocycles. The second-order valence-electron chi connectivity index (χ2n) is 5.07. The minimum atomic E-state index is -0.585. The number of cyclic esters (lactones) is 1. The number of halogens is 2. The molecule has 0 atom stereocenters. The van der Waals surface area contributed by atoms with Gasteiger partial charge >= 0.3 is 5.97 Å². The van der Waals surface area contributed by atoms with Crippen LogP contribution >= 0.6 is 0 Å². The van der Waals surface area contributed by atoms with E-state index < -0.39 is 11.8 Å². The van der Waals surface area contributed by atoms with E-state index in [1.54, 1.807) is 30.3 Å². The first-order valence-corrected chi connectivity index (χ1v) is 7.12. The average molecular weight is 313 g/mol. The highest BCUT2D eigenvalue weighted by molar-refractivity contribution is 6.07. The number of esters is 1. The molecule has 1 heterocycles. The number of carbonyl (C=O) groups is 1. The summed E-state index contributed by atoms with van der Waals surface area (Å²) in [4.78, 5) is 15.9. The van der Waals surface area contributed by atoms with Crippen LogP contribution in [-0.2, 0) is 16.0 Å². The van der Waals surface area contributed by atoms with Gasteiger partial charge in [0.2, 0.25) is 0 Å². The Morgan fingerprint density at radius 3 is 2.65 bits per heavy atom. The van der Waals surface area contributed by atoms with Crippen molar-refractivity contribution in [2.75, 3.05) is 0 Å². The van der Waals surface area contributed by atoms with Crippen LogP contribution in [0.2, 0.25) is 0 Å². The molecule has 3 nitrogen and oxygen atoms in total. The Hall–Kier alpha value is -2.82. The first kappa shape index (κ1) is 15.1. The number of aliphatic imine (C=N–C) groups is 1. The molecule has 0 aromatic heterocycles. The Kier molecular flexibility index (Phi) is 4.28. The third kappa shape index (κ3) is 3.69. The van der Waals surface area contributed by atoms with Crippen LogP contribution in [-0.4, -0.2) is 11.9 Å². The van der Waals surface area contributed by atoms with Gasteiger partial charge in [-0.1, -0.05) is 30.3 Å². The molecule has 0 spiro atoms. The Balaban J connectivity index is 1.73. The Morgan fingerprint density at radius 2 is 1.87 bits per heavy atom. The second kappa shape index (κ2) is 6.52. The van der Waals surface area contributed by atoms with Gasteiger partial charge in [0.25, 0.3) is 0 Å². The maximum atomic E-state index is 13.5. The molecule has 0 fully saturated rings. The zero-order chi connectivity index (χ0) is 16.2. The van der Waals surface area contributed by atoms with Crippen LogP contribution in [0.3, 0.4) is 0 Å². The molecule has 1 aliphatic rings. The maximum absolute atomic E-state index is 13.5. The van der Waals surface area contributed by atoms with Gasteiger partial charge in [-0.3, -0.25) is 0 Å². The molecule has 0 amide bonds. The summed E-state index contributed by atoms with van der Waals surface area (Å²) < 4.78 is 31.8. The van der Waals surface area contributed by atoms with Crippen molar-refractivity contribution in [3.63, 3.8) is 0 Å². The largest absolute Gasteiger partial charge is 0.407 e. The summed E-state index contributed by atoms with van der Waals surface area (Å²) in [6, 6.07) is 12.2. The van der Waals surface area contributed by atoms with Crippen molar-refractivity contribution in [2.24, 2.45) is 4.99 Å². The van der Waals surface area contributed by atoms with Crippen molar-refractivity contribution < 1.29 is 18.3 Å². The number of hydrogen-bond donors (Lipinski definition) is 0. The fraction of sp³-hybridized carbons (Fsp3) is 0.111. The molecule has 0 unspecified atom stereocenters. The van der Waals surface area contributed by atoms with E-state index in [-0.39, 0.29) is 17.4 Å². The molecule has 0 aliphatic carbocycles. The molecule has 0 bridgehead atoms. The lowest BCUT2D eigenvalue weighted by Gasteiger charge is -2.01. The zero-order valence-electron chi connectivity index (χ0n) is 12.1. The standard InChI is InChI=1S/C18H13F2NO2/c19-14-6-3-4-12(10-14)11-16-18(22)23-17(21-16)9-8-13-5-1-2-7-15(13)20/h1-7,10-11H,8-9H2/b16-11+. The molecular formula is C18H13F2NO2. The molecule has 5 heteroatoms. The maximum Gasteiger partial charge on any atom is 0.363 e. The first-order valence-electron chi connectivity index (χ1n) is 7.12. The minimum Gasteiger partial charge on any atom is -0.407 e. The third-order valence-corrected chi connectivity index (χ3v) is 3.38. The van der Waals surface area contributed by atoms with Gasteiger partial charge in [-0.05, 0) is 41.8 Å². The molecule has 116 valence electrons. The van der Waals surface area contributed by atoms with Gasteiger partial charge in [-0.15, -0.1) is 0 Å². The predicted octanol–water partition coefficient (Wildman–Crippen LogP) is 3.89. The van der Waals surface area contributed by atoms with Crippen molar-refractivity contribution in [2.45, 2.75) is 12.8 Å².